The lowest BCUT2D eigenvalue weighted by molar-refractivity contribution is 0.0966. The predicted molar refractivity (Wildman–Crippen MR) is 90.2 cm³/mol. The van der Waals surface area contributed by atoms with Gasteiger partial charge in [0.1, 0.15) is 0 Å². The molecular weight excluding hydrogens is 290 g/mol. The zero-order valence-electron chi connectivity index (χ0n) is 12.8. The minimum atomic E-state index is 0.230. The largest absolute Gasteiger partial charge is 0.293 e. The van der Waals surface area contributed by atoms with E-state index in [1.54, 1.807) is 6.20 Å². The quantitative estimate of drug-likeness (QED) is 0.612. The number of benzene rings is 1. The molecule has 0 atom stereocenters. The maximum absolute atomic E-state index is 12.3. The van der Waals surface area contributed by atoms with E-state index in [-0.39, 0.29) is 5.78 Å². The summed E-state index contributed by atoms with van der Waals surface area (Å²) < 4.78 is 0. The molecule has 1 aromatic heterocycles. The molecule has 0 spiro atoms. The fourth-order valence-electron chi connectivity index (χ4n) is 2.87. The first-order valence-corrected chi connectivity index (χ1v) is 8.60. The van der Waals surface area contributed by atoms with Crippen LogP contribution in [-0.2, 0) is 0 Å². The Morgan fingerprint density at radius 3 is 2.82 bits per heavy atom. The average molecular weight is 309 g/mol. The van der Waals surface area contributed by atoms with Crippen LogP contribution in [0.1, 0.15) is 57.9 Å². The van der Waals surface area contributed by atoms with Gasteiger partial charge in [-0.3, -0.25) is 4.79 Å². The molecule has 0 saturated heterocycles. The molecule has 112 valence electrons. The summed E-state index contributed by atoms with van der Waals surface area (Å²) >= 11 is 1.42. The molecule has 0 aliphatic heterocycles. The van der Waals surface area contributed by atoms with Crippen molar-refractivity contribution >= 4 is 17.1 Å². The van der Waals surface area contributed by atoms with Crippen LogP contribution >= 0.6 is 11.3 Å². The second-order valence-electron chi connectivity index (χ2n) is 5.87. The first-order valence-electron chi connectivity index (χ1n) is 7.79. The second kappa shape index (κ2) is 6.89. The summed E-state index contributed by atoms with van der Waals surface area (Å²) in [5, 5.41) is 0.720. The zero-order chi connectivity index (χ0) is 15.4. The third-order valence-corrected chi connectivity index (χ3v) is 5.13. The van der Waals surface area contributed by atoms with Crippen molar-refractivity contribution < 1.29 is 4.79 Å². The Kier molecular flexibility index (Phi) is 4.70. The van der Waals surface area contributed by atoms with Crippen LogP contribution in [0.4, 0.5) is 0 Å². The molecule has 1 aliphatic rings. The van der Waals surface area contributed by atoms with E-state index in [4.69, 9.17) is 0 Å². The standard InChI is InChI=1S/C19H19NOS/c1-14-6-2-5-9-16(14)10-11-19-20-13-18(22-19)17(21)12-15-7-3-4-8-15/h2,5-6,9,13,15H,3-4,7-8,12H2,1H3. The van der Waals surface area contributed by atoms with Crippen molar-refractivity contribution in [2.45, 2.75) is 39.0 Å². The SMILES string of the molecule is Cc1ccccc1C#Cc1ncc(C(=O)CC2CCCC2)s1. The Morgan fingerprint density at radius 1 is 1.27 bits per heavy atom. The highest BCUT2D eigenvalue weighted by molar-refractivity contribution is 7.14. The lowest BCUT2D eigenvalue weighted by atomic mass is 10.0. The van der Waals surface area contributed by atoms with Gasteiger partial charge in [-0.25, -0.2) is 4.98 Å². The Bertz CT molecular complexity index is 729. The number of carbonyl (C=O) groups excluding carboxylic acids is 1. The van der Waals surface area contributed by atoms with Crippen molar-refractivity contribution in [2.75, 3.05) is 0 Å². The van der Waals surface area contributed by atoms with Gasteiger partial charge in [0.15, 0.2) is 10.8 Å². The van der Waals surface area contributed by atoms with E-state index in [9.17, 15) is 4.79 Å². The number of ketones is 1. The molecule has 2 nitrogen and oxygen atoms in total. The van der Waals surface area contributed by atoms with Crippen molar-refractivity contribution in [1.29, 1.82) is 0 Å². The minimum Gasteiger partial charge on any atom is -0.293 e. The van der Waals surface area contributed by atoms with Gasteiger partial charge >= 0.3 is 0 Å². The second-order valence-corrected chi connectivity index (χ2v) is 6.90. The molecule has 0 amide bonds. The van der Waals surface area contributed by atoms with Gasteiger partial charge in [-0.05, 0) is 30.4 Å². The summed E-state index contributed by atoms with van der Waals surface area (Å²) in [4.78, 5) is 17.3. The van der Waals surface area contributed by atoms with Crippen LogP contribution in [0.2, 0.25) is 0 Å². The molecule has 0 N–H and O–H groups in total. The van der Waals surface area contributed by atoms with Gasteiger partial charge in [0.05, 0.1) is 11.1 Å². The summed E-state index contributed by atoms with van der Waals surface area (Å²) in [6.45, 7) is 2.04. The number of thiazole rings is 1. The maximum Gasteiger partial charge on any atom is 0.174 e. The molecule has 2 aromatic rings. The van der Waals surface area contributed by atoms with E-state index < -0.39 is 0 Å². The Labute approximate surface area is 135 Å². The number of hydrogen-bond acceptors (Lipinski definition) is 3. The van der Waals surface area contributed by atoms with Crippen LogP contribution in [0, 0.1) is 24.7 Å². The summed E-state index contributed by atoms with van der Waals surface area (Å²) in [6.07, 6.45) is 7.30. The molecule has 1 heterocycles. The number of aryl methyl sites for hydroxylation is 1. The van der Waals surface area contributed by atoms with Gasteiger partial charge in [-0.15, -0.1) is 11.3 Å². The van der Waals surface area contributed by atoms with E-state index in [0.29, 0.717) is 12.3 Å². The fourth-order valence-corrected chi connectivity index (χ4v) is 3.59. The molecule has 0 unspecified atom stereocenters. The third-order valence-electron chi connectivity index (χ3n) is 4.18. The molecule has 1 aliphatic carbocycles. The first-order chi connectivity index (χ1) is 10.7. The maximum atomic E-state index is 12.3. The van der Waals surface area contributed by atoms with Gasteiger partial charge in [0, 0.05) is 12.0 Å². The van der Waals surface area contributed by atoms with Crippen LogP contribution in [0.25, 0.3) is 0 Å². The predicted octanol–water partition coefficient (Wildman–Crippen LogP) is 4.61. The highest BCUT2D eigenvalue weighted by atomic mass is 32.1. The lowest BCUT2D eigenvalue weighted by Crippen LogP contribution is -2.03. The average Bonchev–Trinajstić information content (AvgIpc) is 3.18. The monoisotopic (exact) mass is 309 g/mol. The molecule has 1 fully saturated rings. The molecule has 3 rings (SSSR count). The highest BCUT2D eigenvalue weighted by Gasteiger charge is 2.20. The van der Waals surface area contributed by atoms with Gasteiger partial charge in [-0.2, -0.15) is 0 Å². The van der Waals surface area contributed by atoms with Gasteiger partial charge in [0.25, 0.3) is 0 Å². The summed E-state index contributed by atoms with van der Waals surface area (Å²) in [6, 6.07) is 8.03. The molecule has 0 radical (unpaired) electrons. The molecule has 0 bridgehead atoms. The first kappa shape index (κ1) is 15.0. The van der Waals surface area contributed by atoms with Crippen LogP contribution in [-0.4, -0.2) is 10.8 Å². The third kappa shape index (κ3) is 3.64. The van der Waals surface area contributed by atoms with E-state index >= 15 is 0 Å². The fraction of sp³-hybridized carbons (Fsp3) is 0.368. The van der Waals surface area contributed by atoms with Crippen LogP contribution in [0.3, 0.4) is 0 Å². The van der Waals surface area contributed by atoms with E-state index in [0.717, 1.165) is 21.0 Å². The zero-order valence-corrected chi connectivity index (χ0v) is 13.6. The summed E-state index contributed by atoms with van der Waals surface area (Å²) in [5.41, 5.74) is 2.17. The van der Waals surface area contributed by atoms with Gasteiger partial charge < -0.3 is 0 Å². The highest BCUT2D eigenvalue weighted by Crippen LogP contribution is 2.29. The number of nitrogens with zero attached hydrogens (tertiary/aromatic N) is 1. The molecular formula is C19H19NOS. The van der Waals surface area contributed by atoms with Crippen molar-refractivity contribution in [3.05, 3.63) is 51.5 Å². The van der Waals surface area contributed by atoms with E-state index in [2.05, 4.69) is 16.8 Å². The smallest absolute Gasteiger partial charge is 0.174 e. The molecule has 22 heavy (non-hydrogen) atoms. The van der Waals surface area contributed by atoms with E-state index in [1.165, 1.54) is 37.0 Å². The Hall–Kier alpha value is -1.92. The Morgan fingerprint density at radius 2 is 2.05 bits per heavy atom. The molecule has 1 aromatic carbocycles. The topological polar surface area (TPSA) is 30.0 Å². The lowest BCUT2D eigenvalue weighted by Gasteiger charge is -2.05. The van der Waals surface area contributed by atoms with Crippen molar-refractivity contribution in [3.8, 4) is 11.8 Å². The van der Waals surface area contributed by atoms with Crippen molar-refractivity contribution in [2.24, 2.45) is 5.92 Å². The van der Waals surface area contributed by atoms with E-state index in [1.807, 2.05) is 31.2 Å². The van der Waals surface area contributed by atoms with Crippen molar-refractivity contribution in [1.82, 2.24) is 4.98 Å². The minimum absolute atomic E-state index is 0.230. The Balaban J connectivity index is 1.69. The van der Waals surface area contributed by atoms with Crippen LogP contribution in [0.5, 0.6) is 0 Å². The van der Waals surface area contributed by atoms with Crippen molar-refractivity contribution in [3.63, 3.8) is 0 Å². The number of Topliss-reactive ketones (excluding diaryl/α,β-unsaturated/α-hetero) is 1. The number of aromatic nitrogens is 1. The normalized spacial score (nSPS) is 14.6. The summed E-state index contributed by atoms with van der Waals surface area (Å²) in [7, 11) is 0. The summed E-state index contributed by atoms with van der Waals surface area (Å²) in [5.74, 6) is 7.03. The van der Waals surface area contributed by atoms with Gasteiger partial charge in [-0.1, -0.05) is 49.8 Å². The number of hydrogen-bond donors (Lipinski definition) is 0. The van der Waals surface area contributed by atoms with Crippen LogP contribution < -0.4 is 0 Å². The molecule has 1 saturated carbocycles. The molecule has 3 heteroatoms. The van der Waals surface area contributed by atoms with Gasteiger partial charge in [0.2, 0.25) is 0 Å². The van der Waals surface area contributed by atoms with Crippen LogP contribution in [0.15, 0.2) is 30.5 Å². The number of rotatable bonds is 3. The number of carbonyl (C=O) groups is 1.